The quantitative estimate of drug-likeness (QED) is 0.797. The van der Waals surface area contributed by atoms with Gasteiger partial charge in [0.2, 0.25) is 5.91 Å². The first-order valence-corrected chi connectivity index (χ1v) is 7.30. The first kappa shape index (κ1) is 14.1. The summed E-state index contributed by atoms with van der Waals surface area (Å²) < 4.78 is 6.07. The third-order valence-electron chi connectivity index (χ3n) is 3.26. The first-order chi connectivity index (χ1) is 9.20. The van der Waals surface area contributed by atoms with Gasteiger partial charge in [-0.05, 0) is 59.0 Å². The van der Waals surface area contributed by atoms with E-state index in [-0.39, 0.29) is 5.91 Å². The van der Waals surface area contributed by atoms with E-state index in [0.29, 0.717) is 0 Å². The maximum Gasteiger partial charge on any atom is 0.246 e. The van der Waals surface area contributed by atoms with Gasteiger partial charge in [-0.3, -0.25) is 4.79 Å². The molecular weight excluding hydrogens is 306 g/mol. The molecular formula is C15H18BrNO2. The molecule has 4 heteroatoms. The van der Waals surface area contributed by atoms with Crippen molar-refractivity contribution in [3.8, 4) is 5.75 Å². The molecule has 0 unspecified atom stereocenters. The first-order valence-electron chi connectivity index (χ1n) is 6.51. The summed E-state index contributed by atoms with van der Waals surface area (Å²) in [6.07, 6.45) is 6.97. The van der Waals surface area contributed by atoms with Crippen LogP contribution < -0.4 is 4.74 Å². The molecule has 1 aromatic rings. The van der Waals surface area contributed by atoms with Gasteiger partial charge in [-0.1, -0.05) is 6.07 Å². The van der Waals surface area contributed by atoms with E-state index in [2.05, 4.69) is 15.9 Å². The molecule has 1 fully saturated rings. The summed E-state index contributed by atoms with van der Waals surface area (Å²) in [7, 11) is 1.63. The lowest BCUT2D eigenvalue weighted by atomic mass is 10.1. The number of hydrogen-bond donors (Lipinski definition) is 0. The number of carbonyl (C=O) groups is 1. The van der Waals surface area contributed by atoms with Crippen molar-refractivity contribution in [3.63, 3.8) is 0 Å². The van der Waals surface area contributed by atoms with Gasteiger partial charge < -0.3 is 9.64 Å². The van der Waals surface area contributed by atoms with E-state index in [0.717, 1.165) is 41.7 Å². The number of nitrogens with zero attached hydrogens (tertiary/aromatic N) is 1. The average Bonchev–Trinajstić information content (AvgIpc) is 2.46. The second-order valence-corrected chi connectivity index (χ2v) is 5.47. The topological polar surface area (TPSA) is 29.5 Å². The van der Waals surface area contributed by atoms with Crippen molar-refractivity contribution in [3.05, 3.63) is 34.3 Å². The van der Waals surface area contributed by atoms with Crippen molar-refractivity contribution in [2.45, 2.75) is 19.3 Å². The van der Waals surface area contributed by atoms with Crippen molar-refractivity contribution in [1.82, 2.24) is 4.90 Å². The van der Waals surface area contributed by atoms with Gasteiger partial charge in [0.15, 0.2) is 0 Å². The Labute approximate surface area is 122 Å². The molecule has 1 saturated heterocycles. The van der Waals surface area contributed by atoms with Crippen LogP contribution in [0.5, 0.6) is 5.75 Å². The fourth-order valence-corrected chi connectivity index (χ4v) is 2.73. The normalized spacial score (nSPS) is 15.8. The highest BCUT2D eigenvalue weighted by molar-refractivity contribution is 9.10. The van der Waals surface area contributed by atoms with Crippen LogP contribution >= 0.6 is 15.9 Å². The Hall–Kier alpha value is -1.29. The summed E-state index contributed by atoms with van der Waals surface area (Å²) in [6.45, 7) is 1.77. The number of amides is 1. The summed E-state index contributed by atoms with van der Waals surface area (Å²) >= 11 is 3.44. The molecule has 2 rings (SSSR count). The van der Waals surface area contributed by atoms with E-state index < -0.39 is 0 Å². The van der Waals surface area contributed by atoms with Gasteiger partial charge in [0, 0.05) is 19.2 Å². The Morgan fingerprint density at radius 1 is 1.32 bits per heavy atom. The zero-order valence-electron chi connectivity index (χ0n) is 11.1. The maximum atomic E-state index is 12.0. The Kier molecular flexibility index (Phi) is 5.02. The van der Waals surface area contributed by atoms with Gasteiger partial charge in [0.1, 0.15) is 5.75 Å². The number of halogens is 1. The SMILES string of the molecule is COc1ccc(/C=C\C(=O)N2CCCCC2)cc1Br. The molecule has 0 atom stereocenters. The number of benzene rings is 1. The Balaban J connectivity index is 2.01. The van der Waals surface area contributed by atoms with E-state index >= 15 is 0 Å². The fourth-order valence-electron chi connectivity index (χ4n) is 2.17. The summed E-state index contributed by atoms with van der Waals surface area (Å²) in [6, 6.07) is 5.76. The summed E-state index contributed by atoms with van der Waals surface area (Å²) in [5.41, 5.74) is 0.984. The highest BCUT2D eigenvalue weighted by atomic mass is 79.9. The zero-order valence-corrected chi connectivity index (χ0v) is 12.6. The fraction of sp³-hybridized carbons (Fsp3) is 0.400. The van der Waals surface area contributed by atoms with Gasteiger partial charge in [0.25, 0.3) is 0 Å². The molecule has 0 radical (unpaired) electrons. The predicted octanol–water partition coefficient (Wildman–Crippen LogP) is 3.48. The summed E-state index contributed by atoms with van der Waals surface area (Å²) in [5, 5.41) is 0. The molecule has 0 bridgehead atoms. The van der Waals surface area contributed by atoms with E-state index in [4.69, 9.17) is 4.74 Å². The van der Waals surface area contributed by atoms with Crippen LogP contribution in [-0.2, 0) is 4.79 Å². The number of piperidine rings is 1. The minimum Gasteiger partial charge on any atom is -0.496 e. The molecule has 0 saturated carbocycles. The zero-order chi connectivity index (χ0) is 13.7. The third kappa shape index (κ3) is 3.83. The molecule has 3 nitrogen and oxygen atoms in total. The van der Waals surface area contributed by atoms with Crippen LogP contribution in [0.1, 0.15) is 24.8 Å². The van der Waals surface area contributed by atoms with Gasteiger partial charge in [-0.2, -0.15) is 0 Å². The van der Waals surface area contributed by atoms with Crippen LogP contribution in [0.25, 0.3) is 6.08 Å². The minimum atomic E-state index is 0.103. The van der Waals surface area contributed by atoms with Crippen molar-refractivity contribution < 1.29 is 9.53 Å². The van der Waals surface area contributed by atoms with Crippen LogP contribution in [0.4, 0.5) is 0 Å². The second kappa shape index (κ2) is 6.75. The average molecular weight is 324 g/mol. The Morgan fingerprint density at radius 3 is 2.68 bits per heavy atom. The molecule has 1 aliphatic heterocycles. The molecule has 0 spiro atoms. The number of likely N-dealkylation sites (tertiary alicyclic amines) is 1. The number of hydrogen-bond acceptors (Lipinski definition) is 2. The molecule has 1 amide bonds. The molecule has 0 aliphatic carbocycles. The van der Waals surface area contributed by atoms with Gasteiger partial charge in [0.05, 0.1) is 11.6 Å². The van der Waals surface area contributed by atoms with Gasteiger partial charge in [-0.25, -0.2) is 0 Å². The van der Waals surface area contributed by atoms with E-state index in [9.17, 15) is 4.79 Å². The molecule has 19 heavy (non-hydrogen) atoms. The van der Waals surface area contributed by atoms with Crippen LogP contribution in [0, 0.1) is 0 Å². The lowest BCUT2D eigenvalue weighted by molar-refractivity contribution is -0.126. The molecule has 102 valence electrons. The lowest BCUT2D eigenvalue weighted by Crippen LogP contribution is -2.34. The number of rotatable bonds is 3. The summed E-state index contributed by atoms with van der Waals surface area (Å²) in [5.74, 6) is 0.895. The number of carbonyl (C=O) groups excluding carboxylic acids is 1. The van der Waals surface area contributed by atoms with Crippen molar-refractivity contribution in [1.29, 1.82) is 0 Å². The monoisotopic (exact) mass is 323 g/mol. The van der Waals surface area contributed by atoms with Crippen LogP contribution in [-0.4, -0.2) is 31.0 Å². The molecule has 0 aromatic heterocycles. The van der Waals surface area contributed by atoms with E-state index in [1.54, 1.807) is 13.2 Å². The van der Waals surface area contributed by atoms with Crippen LogP contribution in [0.15, 0.2) is 28.7 Å². The second-order valence-electron chi connectivity index (χ2n) is 4.61. The van der Waals surface area contributed by atoms with Crippen LogP contribution in [0.2, 0.25) is 0 Å². The number of methoxy groups -OCH3 is 1. The molecule has 1 aliphatic rings. The molecule has 1 aromatic carbocycles. The van der Waals surface area contributed by atoms with Crippen LogP contribution in [0.3, 0.4) is 0 Å². The predicted molar refractivity (Wildman–Crippen MR) is 80.2 cm³/mol. The van der Waals surface area contributed by atoms with Crippen molar-refractivity contribution in [2.75, 3.05) is 20.2 Å². The largest absolute Gasteiger partial charge is 0.496 e. The molecule has 0 N–H and O–H groups in total. The van der Waals surface area contributed by atoms with Gasteiger partial charge in [-0.15, -0.1) is 0 Å². The standard InChI is InChI=1S/C15H18BrNO2/c1-19-14-7-5-12(11-13(14)16)6-8-15(18)17-9-3-2-4-10-17/h5-8,11H,2-4,9-10H2,1H3/b8-6-. The number of ether oxygens (including phenoxy) is 1. The van der Waals surface area contributed by atoms with E-state index in [1.165, 1.54) is 6.42 Å². The third-order valence-corrected chi connectivity index (χ3v) is 3.88. The van der Waals surface area contributed by atoms with Crippen molar-refractivity contribution >= 4 is 27.9 Å². The molecule has 1 heterocycles. The highest BCUT2D eigenvalue weighted by Gasteiger charge is 2.13. The highest BCUT2D eigenvalue weighted by Crippen LogP contribution is 2.26. The Morgan fingerprint density at radius 2 is 2.05 bits per heavy atom. The summed E-state index contributed by atoms with van der Waals surface area (Å²) in [4.78, 5) is 13.9. The van der Waals surface area contributed by atoms with Gasteiger partial charge >= 0.3 is 0 Å². The van der Waals surface area contributed by atoms with E-state index in [1.807, 2.05) is 29.2 Å². The minimum absolute atomic E-state index is 0.103. The lowest BCUT2D eigenvalue weighted by Gasteiger charge is -2.25. The maximum absolute atomic E-state index is 12.0. The smallest absolute Gasteiger partial charge is 0.246 e. The van der Waals surface area contributed by atoms with Crippen molar-refractivity contribution in [2.24, 2.45) is 0 Å². The Bertz CT molecular complexity index is 479.